The van der Waals surface area contributed by atoms with Crippen molar-refractivity contribution in [2.24, 2.45) is 5.16 Å². The lowest BCUT2D eigenvalue weighted by atomic mass is 10.0. The first-order chi connectivity index (χ1) is 7.90. The second-order valence-electron chi connectivity index (χ2n) is 3.44. The number of pyridine rings is 1. The first kappa shape index (κ1) is 10.4. The Kier molecular flexibility index (Phi) is 3.28. The second-order valence-corrected chi connectivity index (χ2v) is 3.44. The first-order valence-electron chi connectivity index (χ1n) is 5.05. The fourth-order valence-electron chi connectivity index (χ4n) is 1.52. The Morgan fingerprint density at radius 2 is 1.75 bits per heavy atom. The summed E-state index contributed by atoms with van der Waals surface area (Å²) >= 11 is 0. The fourth-order valence-corrected chi connectivity index (χ4v) is 1.52. The zero-order valence-electron chi connectivity index (χ0n) is 8.74. The molecule has 2 rings (SSSR count). The molecule has 3 nitrogen and oxygen atoms in total. The Labute approximate surface area is 94.1 Å². The lowest BCUT2D eigenvalue weighted by Gasteiger charge is -2.04. The van der Waals surface area contributed by atoms with E-state index >= 15 is 0 Å². The molecule has 16 heavy (non-hydrogen) atoms. The maximum absolute atomic E-state index is 9.01. The van der Waals surface area contributed by atoms with Crippen LogP contribution in [-0.4, -0.2) is 15.9 Å². The van der Waals surface area contributed by atoms with Crippen molar-refractivity contribution in [3.8, 4) is 0 Å². The highest BCUT2D eigenvalue weighted by atomic mass is 16.4. The van der Waals surface area contributed by atoms with E-state index in [4.69, 9.17) is 5.21 Å². The average molecular weight is 212 g/mol. The summed E-state index contributed by atoms with van der Waals surface area (Å²) in [5.41, 5.74) is 2.67. The number of aromatic nitrogens is 1. The van der Waals surface area contributed by atoms with Crippen LogP contribution in [0.1, 0.15) is 11.1 Å². The van der Waals surface area contributed by atoms with Gasteiger partial charge in [0.1, 0.15) is 0 Å². The van der Waals surface area contributed by atoms with Crippen LogP contribution < -0.4 is 0 Å². The zero-order valence-corrected chi connectivity index (χ0v) is 8.74. The van der Waals surface area contributed by atoms with Gasteiger partial charge in [0.15, 0.2) is 0 Å². The molecule has 0 atom stereocenters. The van der Waals surface area contributed by atoms with E-state index in [1.165, 1.54) is 0 Å². The van der Waals surface area contributed by atoms with Gasteiger partial charge in [0.25, 0.3) is 0 Å². The van der Waals surface area contributed by atoms with Crippen LogP contribution >= 0.6 is 0 Å². The van der Waals surface area contributed by atoms with Gasteiger partial charge < -0.3 is 5.21 Å². The number of nitrogens with zero attached hydrogens (tertiary/aromatic N) is 2. The Morgan fingerprint density at radius 3 is 2.38 bits per heavy atom. The standard InChI is InChI=1S/C13H12N2O/c16-15-13(12-4-2-1-3-5-12)10-11-6-8-14-9-7-11/h1-9,16H,10H2/b15-13-. The van der Waals surface area contributed by atoms with Crippen molar-refractivity contribution in [3.63, 3.8) is 0 Å². The smallest absolute Gasteiger partial charge is 0.0911 e. The van der Waals surface area contributed by atoms with Gasteiger partial charge in [0.05, 0.1) is 5.71 Å². The predicted octanol–water partition coefficient (Wildman–Crippen LogP) is 2.50. The number of benzene rings is 1. The van der Waals surface area contributed by atoms with E-state index in [9.17, 15) is 0 Å². The Bertz CT molecular complexity index is 466. The molecule has 0 saturated heterocycles. The van der Waals surface area contributed by atoms with Crippen LogP contribution in [0.15, 0.2) is 60.0 Å². The minimum absolute atomic E-state index is 0.600. The molecule has 1 aromatic heterocycles. The van der Waals surface area contributed by atoms with Gasteiger partial charge in [0.2, 0.25) is 0 Å². The summed E-state index contributed by atoms with van der Waals surface area (Å²) in [6.45, 7) is 0. The van der Waals surface area contributed by atoms with Crippen LogP contribution in [0.3, 0.4) is 0 Å². The summed E-state index contributed by atoms with van der Waals surface area (Å²) < 4.78 is 0. The lowest BCUT2D eigenvalue weighted by Crippen LogP contribution is -2.05. The summed E-state index contributed by atoms with van der Waals surface area (Å²) in [6, 6.07) is 13.5. The largest absolute Gasteiger partial charge is 0.411 e. The monoisotopic (exact) mass is 212 g/mol. The van der Waals surface area contributed by atoms with E-state index < -0.39 is 0 Å². The molecule has 0 aliphatic rings. The van der Waals surface area contributed by atoms with Crippen molar-refractivity contribution < 1.29 is 5.21 Å². The third-order valence-corrected chi connectivity index (χ3v) is 2.35. The minimum atomic E-state index is 0.600. The van der Waals surface area contributed by atoms with Crippen molar-refractivity contribution in [2.75, 3.05) is 0 Å². The van der Waals surface area contributed by atoms with Gasteiger partial charge in [-0.2, -0.15) is 0 Å². The van der Waals surface area contributed by atoms with Crippen LogP contribution in [0, 0.1) is 0 Å². The van der Waals surface area contributed by atoms with Gasteiger partial charge in [-0.25, -0.2) is 0 Å². The molecule has 2 aromatic rings. The van der Waals surface area contributed by atoms with Crippen molar-refractivity contribution in [3.05, 3.63) is 66.0 Å². The summed E-state index contributed by atoms with van der Waals surface area (Å²) in [5.74, 6) is 0. The second kappa shape index (κ2) is 5.07. The summed E-state index contributed by atoms with van der Waals surface area (Å²) in [6.07, 6.45) is 4.06. The minimum Gasteiger partial charge on any atom is -0.411 e. The molecule has 0 aliphatic heterocycles. The molecule has 80 valence electrons. The fraction of sp³-hybridized carbons (Fsp3) is 0.0769. The molecule has 0 saturated carbocycles. The van der Waals surface area contributed by atoms with Crippen molar-refractivity contribution in [2.45, 2.75) is 6.42 Å². The average Bonchev–Trinajstić information content (AvgIpc) is 2.38. The molecule has 0 fully saturated rings. The van der Waals surface area contributed by atoms with Gasteiger partial charge in [-0.05, 0) is 23.3 Å². The third-order valence-electron chi connectivity index (χ3n) is 2.35. The normalized spacial score (nSPS) is 11.4. The van der Waals surface area contributed by atoms with Crippen molar-refractivity contribution in [1.82, 2.24) is 4.98 Å². The van der Waals surface area contributed by atoms with E-state index in [0.717, 1.165) is 11.1 Å². The van der Waals surface area contributed by atoms with E-state index in [2.05, 4.69) is 10.1 Å². The Balaban J connectivity index is 2.20. The van der Waals surface area contributed by atoms with Gasteiger partial charge in [0, 0.05) is 18.8 Å². The molecule has 0 aliphatic carbocycles. The number of oxime groups is 1. The summed E-state index contributed by atoms with van der Waals surface area (Å²) in [4.78, 5) is 3.95. The van der Waals surface area contributed by atoms with Gasteiger partial charge >= 0.3 is 0 Å². The molecule has 0 unspecified atom stereocenters. The molecular weight excluding hydrogens is 200 g/mol. The van der Waals surface area contributed by atoms with Crippen LogP contribution in [0.2, 0.25) is 0 Å². The Morgan fingerprint density at radius 1 is 1.06 bits per heavy atom. The third kappa shape index (κ3) is 2.45. The molecule has 3 heteroatoms. The van der Waals surface area contributed by atoms with Crippen LogP contribution in [0.4, 0.5) is 0 Å². The van der Waals surface area contributed by atoms with Crippen LogP contribution in [-0.2, 0) is 6.42 Å². The summed E-state index contributed by atoms with van der Waals surface area (Å²) in [7, 11) is 0. The molecular formula is C13H12N2O. The molecule has 1 heterocycles. The summed E-state index contributed by atoms with van der Waals surface area (Å²) in [5, 5.41) is 12.4. The number of hydrogen-bond donors (Lipinski definition) is 1. The highest BCUT2D eigenvalue weighted by Crippen LogP contribution is 2.07. The van der Waals surface area contributed by atoms with E-state index in [1.807, 2.05) is 42.5 Å². The van der Waals surface area contributed by atoms with Crippen molar-refractivity contribution in [1.29, 1.82) is 0 Å². The zero-order chi connectivity index (χ0) is 11.2. The Hall–Kier alpha value is -2.16. The number of hydrogen-bond acceptors (Lipinski definition) is 3. The SMILES string of the molecule is O/N=C(/Cc1ccncc1)c1ccccc1. The molecule has 0 bridgehead atoms. The van der Waals surface area contributed by atoms with Crippen LogP contribution in [0.25, 0.3) is 0 Å². The lowest BCUT2D eigenvalue weighted by molar-refractivity contribution is 0.318. The van der Waals surface area contributed by atoms with Gasteiger partial charge in [-0.3, -0.25) is 4.98 Å². The first-order valence-corrected chi connectivity index (χ1v) is 5.05. The maximum atomic E-state index is 9.01. The predicted molar refractivity (Wildman–Crippen MR) is 62.7 cm³/mol. The molecule has 0 spiro atoms. The van der Waals surface area contributed by atoms with Gasteiger partial charge in [-0.1, -0.05) is 35.5 Å². The molecule has 1 N–H and O–H groups in total. The van der Waals surface area contributed by atoms with E-state index in [-0.39, 0.29) is 0 Å². The van der Waals surface area contributed by atoms with E-state index in [0.29, 0.717) is 12.1 Å². The molecule has 0 amide bonds. The molecule has 1 aromatic carbocycles. The quantitative estimate of drug-likeness (QED) is 0.482. The van der Waals surface area contributed by atoms with Gasteiger partial charge in [-0.15, -0.1) is 0 Å². The maximum Gasteiger partial charge on any atom is 0.0911 e. The van der Waals surface area contributed by atoms with E-state index in [1.54, 1.807) is 12.4 Å². The topological polar surface area (TPSA) is 45.5 Å². The van der Waals surface area contributed by atoms with Crippen LogP contribution in [0.5, 0.6) is 0 Å². The number of rotatable bonds is 3. The highest BCUT2D eigenvalue weighted by Gasteiger charge is 2.04. The highest BCUT2D eigenvalue weighted by molar-refractivity contribution is 6.01. The van der Waals surface area contributed by atoms with Crippen molar-refractivity contribution >= 4 is 5.71 Å². The molecule has 0 radical (unpaired) electrons.